The summed E-state index contributed by atoms with van der Waals surface area (Å²) in [7, 11) is 1.70. The minimum Gasteiger partial charge on any atom is -0.496 e. The van der Waals surface area contributed by atoms with E-state index in [-0.39, 0.29) is 0 Å². The molecule has 0 fully saturated rings. The molecule has 0 saturated carbocycles. The van der Waals surface area contributed by atoms with E-state index in [1.165, 1.54) is 11.1 Å². The van der Waals surface area contributed by atoms with Crippen molar-refractivity contribution in [2.24, 2.45) is 10.1 Å². The molecular formula is C23H23N3OS. The molecule has 1 aliphatic carbocycles. The highest BCUT2D eigenvalue weighted by atomic mass is 32.1. The van der Waals surface area contributed by atoms with Crippen molar-refractivity contribution >= 4 is 17.0 Å². The maximum Gasteiger partial charge on any atom is 0.206 e. The fraction of sp³-hybridized carbons (Fsp3) is 0.217. The topological polar surface area (TPSA) is 38.9 Å². The molecule has 5 heteroatoms. The molecule has 0 saturated heterocycles. The van der Waals surface area contributed by atoms with Crippen LogP contribution in [0.4, 0.5) is 0 Å². The van der Waals surface area contributed by atoms with E-state index < -0.39 is 0 Å². The van der Waals surface area contributed by atoms with Crippen LogP contribution in [0.5, 0.6) is 5.75 Å². The molecule has 0 atom stereocenters. The second-order valence-corrected chi connectivity index (χ2v) is 7.73. The lowest BCUT2D eigenvalue weighted by atomic mass is 10.1. The monoisotopic (exact) mass is 389 g/mol. The van der Waals surface area contributed by atoms with Crippen molar-refractivity contribution in [3.8, 4) is 17.0 Å². The largest absolute Gasteiger partial charge is 0.496 e. The minimum atomic E-state index is 0.591. The summed E-state index contributed by atoms with van der Waals surface area (Å²) in [6.45, 7) is 6.55. The predicted octanol–water partition coefficient (Wildman–Crippen LogP) is 4.90. The van der Waals surface area contributed by atoms with Gasteiger partial charge >= 0.3 is 0 Å². The van der Waals surface area contributed by atoms with Crippen LogP contribution < -0.4 is 9.54 Å². The molecule has 1 heterocycles. The molecule has 0 amide bonds. The van der Waals surface area contributed by atoms with Gasteiger partial charge in [0, 0.05) is 16.5 Å². The number of nitrogens with zero attached hydrogens (tertiary/aromatic N) is 3. The molecule has 2 aromatic carbocycles. The molecule has 0 radical (unpaired) electrons. The van der Waals surface area contributed by atoms with Crippen molar-refractivity contribution in [3.05, 3.63) is 82.0 Å². The highest BCUT2D eigenvalue weighted by molar-refractivity contribution is 7.07. The zero-order valence-electron chi connectivity index (χ0n) is 16.2. The summed E-state index contributed by atoms with van der Waals surface area (Å²) < 4.78 is 7.55. The Morgan fingerprint density at radius 3 is 2.64 bits per heavy atom. The molecule has 0 bridgehead atoms. The Labute approximate surface area is 169 Å². The number of aromatic nitrogens is 1. The van der Waals surface area contributed by atoms with Crippen LogP contribution in [-0.2, 0) is 6.42 Å². The van der Waals surface area contributed by atoms with Gasteiger partial charge in [0.25, 0.3) is 0 Å². The standard InChI is InChI=1S/C23H23N3OS/c1-16(2)14-24-23-26(25-20-13-12-17-8-4-5-9-18(17)20)21(15-28-23)19-10-6-7-11-22(19)27-3/h4-11,15H,1,12-14H2,2-3H3. The Morgan fingerprint density at radius 1 is 1.11 bits per heavy atom. The van der Waals surface area contributed by atoms with Gasteiger partial charge in [-0.3, -0.25) is 4.99 Å². The van der Waals surface area contributed by atoms with Crippen molar-refractivity contribution in [2.75, 3.05) is 13.7 Å². The first kappa shape index (κ1) is 18.4. The summed E-state index contributed by atoms with van der Waals surface area (Å²) in [4.78, 5) is 5.60. The smallest absolute Gasteiger partial charge is 0.206 e. The van der Waals surface area contributed by atoms with Crippen molar-refractivity contribution in [1.82, 2.24) is 4.68 Å². The summed E-state index contributed by atoms with van der Waals surface area (Å²) in [6.07, 6.45) is 1.97. The Morgan fingerprint density at radius 2 is 1.86 bits per heavy atom. The first-order valence-electron chi connectivity index (χ1n) is 9.32. The average Bonchev–Trinajstić information content (AvgIpc) is 3.31. The lowest BCUT2D eigenvalue weighted by Crippen LogP contribution is -2.15. The molecule has 1 aliphatic rings. The van der Waals surface area contributed by atoms with Gasteiger partial charge in [-0.1, -0.05) is 48.6 Å². The maximum absolute atomic E-state index is 5.59. The molecule has 3 aromatic rings. The molecule has 0 N–H and O–H groups in total. The third kappa shape index (κ3) is 3.58. The normalized spacial score (nSPS) is 15.1. The predicted molar refractivity (Wildman–Crippen MR) is 116 cm³/mol. The molecule has 4 rings (SSSR count). The van der Waals surface area contributed by atoms with Crippen LogP contribution in [0.2, 0.25) is 0 Å². The Bertz CT molecular complexity index is 1120. The van der Waals surface area contributed by atoms with Crippen molar-refractivity contribution in [1.29, 1.82) is 0 Å². The van der Waals surface area contributed by atoms with E-state index in [0.29, 0.717) is 6.54 Å². The number of hydrogen-bond donors (Lipinski definition) is 0. The molecule has 0 unspecified atom stereocenters. The van der Waals surface area contributed by atoms with Crippen LogP contribution in [0.3, 0.4) is 0 Å². The van der Waals surface area contributed by atoms with Crippen molar-refractivity contribution in [3.63, 3.8) is 0 Å². The molecular weight excluding hydrogens is 366 g/mol. The minimum absolute atomic E-state index is 0.591. The average molecular weight is 390 g/mol. The van der Waals surface area contributed by atoms with E-state index in [4.69, 9.17) is 14.8 Å². The number of hydrogen-bond acceptors (Lipinski definition) is 4. The summed E-state index contributed by atoms with van der Waals surface area (Å²) in [5.74, 6) is 0.826. The first-order chi connectivity index (χ1) is 13.7. The van der Waals surface area contributed by atoms with E-state index >= 15 is 0 Å². The SMILES string of the molecule is C=C(C)CN=c1scc(-c2ccccc2OC)n1N=C1CCc2ccccc21. The van der Waals surface area contributed by atoms with E-state index in [0.717, 1.165) is 45.9 Å². The van der Waals surface area contributed by atoms with Gasteiger partial charge in [-0.25, -0.2) is 4.68 Å². The van der Waals surface area contributed by atoms with E-state index in [1.54, 1.807) is 18.4 Å². The van der Waals surface area contributed by atoms with Gasteiger partial charge in [0.05, 0.1) is 25.1 Å². The molecule has 1 aromatic heterocycles. The van der Waals surface area contributed by atoms with E-state index in [2.05, 4.69) is 42.3 Å². The fourth-order valence-corrected chi connectivity index (χ4v) is 4.20. The number of rotatable bonds is 5. The van der Waals surface area contributed by atoms with Gasteiger partial charge in [-0.05, 0) is 37.5 Å². The second-order valence-electron chi connectivity index (χ2n) is 6.89. The number of ether oxygens (including phenoxy) is 1. The Kier molecular flexibility index (Phi) is 5.26. The maximum atomic E-state index is 5.59. The van der Waals surface area contributed by atoms with Crippen molar-refractivity contribution in [2.45, 2.75) is 19.8 Å². The first-order valence-corrected chi connectivity index (χ1v) is 10.2. The second kappa shape index (κ2) is 7.98. The number of fused-ring (bicyclic) bond motifs is 1. The van der Waals surface area contributed by atoms with E-state index in [1.807, 2.05) is 29.8 Å². The third-order valence-corrected chi connectivity index (χ3v) is 5.59. The fourth-order valence-electron chi connectivity index (χ4n) is 3.38. The lowest BCUT2D eigenvalue weighted by molar-refractivity contribution is 0.416. The third-order valence-electron chi connectivity index (χ3n) is 4.73. The molecule has 0 aliphatic heterocycles. The zero-order valence-corrected chi connectivity index (χ0v) is 17.0. The van der Waals surface area contributed by atoms with Crippen LogP contribution in [0, 0.1) is 0 Å². The Hall–Kier alpha value is -2.92. The van der Waals surface area contributed by atoms with Gasteiger partial charge in [0.15, 0.2) is 0 Å². The number of para-hydroxylation sites is 1. The van der Waals surface area contributed by atoms with Gasteiger partial charge < -0.3 is 4.74 Å². The van der Waals surface area contributed by atoms with Crippen molar-refractivity contribution < 1.29 is 4.74 Å². The Balaban J connectivity index is 1.89. The van der Waals surface area contributed by atoms with Gasteiger partial charge in [0.2, 0.25) is 4.80 Å². The van der Waals surface area contributed by atoms with Crippen LogP contribution >= 0.6 is 11.3 Å². The number of aryl methyl sites for hydroxylation is 1. The number of thiazole rings is 1. The highest BCUT2D eigenvalue weighted by Crippen LogP contribution is 2.30. The lowest BCUT2D eigenvalue weighted by Gasteiger charge is -2.10. The summed E-state index contributed by atoms with van der Waals surface area (Å²) in [5, 5.41) is 7.15. The number of methoxy groups -OCH3 is 1. The molecule has 28 heavy (non-hydrogen) atoms. The van der Waals surface area contributed by atoms with Crippen LogP contribution in [-0.4, -0.2) is 24.0 Å². The summed E-state index contributed by atoms with van der Waals surface area (Å²) >= 11 is 1.59. The molecule has 4 nitrogen and oxygen atoms in total. The molecule has 142 valence electrons. The summed E-state index contributed by atoms with van der Waals surface area (Å²) in [6, 6.07) is 16.5. The van der Waals surface area contributed by atoms with Crippen LogP contribution in [0.15, 0.2) is 76.2 Å². The van der Waals surface area contributed by atoms with Gasteiger partial charge in [0.1, 0.15) is 5.75 Å². The number of benzene rings is 2. The van der Waals surface area contributed by atoms with Gasteiger partial charge in [-0.15, -0.1) is 11.3 Å². The van der Waals surface area contributed by atoms with Crippen LogP contribution in [0.25, 0.3) is 11.3 Å². The summed E-state index contributed by atoms with van der Waals surface area (Å²) in [5.41, 5.74) is 6.71. The van der Waals surface area contributed by atoms with Gasteiger partial charge in [-0.2, -0.15) is 5.10 Å². The van der Waals surface area contributed by atoms with Crippen LogP contribution in [0.1, 0.15) is 24.5 Å². The molecule has 0 spiro atoms. The quantitative estimate of drug-likeness (QED) is 0.572. The zero-order chi connectivity index (χ0) is 19.5. The van der Waals surface area contributed by atoms with E-state index in [9.17, 15) is 0 Å². The highest BCUT2D eigenvalue weighted by Gasteiger charge is 2.19.